The molecule has 1 amide bonds. The zero-order valence-corrected chi connectivity index (χ0v) is 14.2. The standard InChI is InChI=1S/C20H31NO/c1-4-12-19(21-20(22)17(2)3)16-11-6-5-8-13-18-14-9-7-10-15-18/h7,9-10,14-15,19H,2,4-6,8,11-13,16H2,1,3H3,(H,21,22). The molecular weight excluding hydrogens is 270 g/mol. The Bertz CT molecular complexity index is 438. The number of nitrogens with one attached hydrogen (secondary N) is 1. The van der Waals surface area contributed by atoms with E-state index in [1.807, 2.05) is 0 Å². The molecule has 0 saturated heterocycles. The van der Waals surface area contributed by atoms with Crippen LogP contribution in [0.15, 0.2) is 42.5 Å². The maximum Gasteiger partial charge on any atom is 0.246 e. The predicted molar refractivity (Wildman–Crippen MR) is 94.9 cm³/mol. The Balaban J connectivity index is 2.14. The highest BCUT2D eigenvalue weighted by molar-refractivity contribution is 5.92. The van der Waals surface area contributed by atoms with Crippen molar-refractivity contribution in [2.45, 2.75) is 71.3 Å². The molecule has 0 saturated carbocycles. The molecule has 0 aliphatic heterocycles. The Morgan fingerprint density at radius 3 is 2.41 bits per heavy atom. The van der Waals surface area contributed by atoms with Crippen LogP contribution in [0.3, 0.4) is 0 Å². The third kappa shape index (κ3) is 8.02. The average Bonchev–Trinajstić information content (AvgIpc) is 2.51. The van der Waals surface area contributed by atoms with E-state index in [1.165, 1.54) is 37.7 Å². The van der Waals surface area contributed by atoms with Crippen LogP contribution in [0.1, 0.15) is 64.4 Å². The molecule has 0 aromatic heterocycles. The monoisotopic (exact) mass is 301 g/mol. The first-order valence-electron chi connectivity index (χ1n) is 8.63. The molecule has 1 unspecified atom stereocenters. The van der Waals surface area contributed by atoms with Crippen LogP contribution in [0.4, 0.5) is 0 Å². The molecule has 0 spiro atoms. The van der Waals surface area contributed by atoms with Crippen molar-refractivity contribution in [1.29, 1.82) is 0 Å². The van der Waals surface area contributed by atoms with Crippen LogP contribution >= 0.6 is 0 Å². The molecule has 122 valence electrons. The zero-order valence-electron chi connectivity index (χ0n) is 14.2. The molecule has 1 atom stereocenters. The number of aryl methyl sites for hydroxylation is 1. The summed E-state index contributed by atoms with van der Waals surface area (Å²) in [5.74, 6) is 0.00234. The number of benzene rings is 1. The van der Waals surface area contributed by atoms with Gasteiger partial charge in [0.25, 0.3) is 0 Å². The first kappa shape index (κ1) is 18.5. The Morgan fingerprint density at radius 1 is 1.09 bits per heavy atom. The lowest BCUT2D eigenvalue weighted by Gasteiger charge is -2.18. The van der Waals surface area contributed by atoms with Crippen LogP contribution in [0, 0.1) is 0 Å². The van der Waals surface area contributed by atoms with Gasteiger partial charge in [-0.1, -0.05) is 69.5 Å². The van der Waals surface area contributed by atoms with Crippen LogP contribution in [0.25, 0.3) is 0 Å². The van der Waals surface area contributed by atoms with Crippen molar-refractivity contribution in [3.05, 3.63) is 48.0 Å². The summed E-state index contributed by atoms with van der Waals surface area (Å²) in [5, 5.41) is 3.10. The van der Waals surface area contributed by atoms with E-state index < -0.39 is 0 Å². The summed E-state index contributed by atoms with van der Waals surface area (Å²) in [7, 11) is 0. The fraction of sp³-hybridized carbons (Fsp3) is 0.550. The van der Waals surface area contributed by atoms with Crippen LogP contribution in [0.2, 0.25) is 0 Å². The van der Waals surface area contributed by atoms with Crippen LogP contribution < -0.4 is 5.32 Å². The minimum atomic E-state index is 0.00234. The Morgan fingerprint density at radius 2 is 1.77 bits per heavy atom. The largest absolute Gasteiger partial charge is 0.350 e. The van der Waals surface area contributed by atoms with E-state index in [-0.39, 0.29) is 5.91 Å². The summed E-state index contributed by atoms with van der Waals surface area (Å²) in [6.45, 7) is 7.64. The average molecular weight is 301 g/mol. The minimum Gasteiger partial charge on any atom is -0.350 e. The van der Waals surface area contributed by atoms with E-state index in [4.69, 9.17) is 0 Å². The molecule has 1 aromatic rings. The lowest BCUT2D eigenvalue weighted by atomic mass is 10.0. The Kier molecular flexibility index (Phi) is 9.29. The minimum absolute atomic E-state index is 0.00234. The van der Waals surface area contributed by atoms with Gasteiger partial charge in [-0.2, -0.15) is 0 Å². The Hall–Kier alpha value is -1.57. The lowest BCUT2D eigenvalue weighted by molar-refractivity contribution is -0.118. The second-order valence-electron chi connectivity index (χ2n) is 6.18. The molecule has 0 bridgehead atoms. The zero-order chi connectivity index (χ0) is 16.2. The van der Waals surface area contributed by atoms with Gasteiger partial charge in [0.05, 0.1) is 0 Å². The second kappa shape index (κ2) is 11.1. The van der Waals surface area contributed by atoms with Gasteiger partial charge in [0.15, 0.2) is 0 Å². The summed E-state index contributed by atoms with van der Waals surface area (Å²) < 4.78 is 0. The van der Waals surface area contributed by atoms with E-state index >= 15 is 0 Å². The quantitative estimate of drug-likeness (QED) is 0.450. The number of carbonyl (C=O) groups is 1. The molecule has 1 rings (SSSR count). The maximum absolute atomic E-state index is 11.7. The number of hydrogen-bond donors (Lipinski definition) is 1. The van der Waals surface area contributed by atoms with Crippen molar-refractivity contribution in [2.75, 3.05) is 0 Å². The molecule has 0 heterocycles. The normalized spacial score (nSPS) is 11.9. The molecule has 2 heteroatoms. The van der Waals surface area contributed by atoms with Gasteiger partial charge in [-0.3, -0.25) is 4.79 Å². The topological polar surface area (TPSA) is 29.1 Å². The van der Waals surface area contributed by atoms with Gasteiger partial charge in [0.2, 0.25) is 5.91 Å². The molecule has 0 aliphatic rings. The van der Waals surface area contributed by atoms with E-state index in [9.17, 15) is 4.79 Å². The van der Waals surface area contributed by atoms with Crippen molar-refractivity contribution in [2.24, 2.45) is 0 Å². The molecule has 0 radical (unpaired) electrons. The van der Waals surface area contributed by atoms with Crippen molar-refractivity contribution in [1.82, 2.24) is 5.32 Å². The van der Waals surface area contributed by atoms with E-state index in [1.54, 1.807) is 6.92 Å². The third-order valence-corrected chi connectivity index (χ3v) is 3.97. The molecule has 22 heavy (non-hydrogen) atoms. The number of hydrogen-bond acceptors (Lipinski definition) is 1. The molecular formula is C20H31NO. The Labute approximate surface area is 136 Å². The fourth-order valence-electron chi connectivity index (χ4n) is 2.66. The van der Waals surface area contributed by atoms with Gasteiger partial charge < -0.3 is 5.32 Å². The highest BCUT2D eigenvalue weighted by Crippen LogP contribution is 2.12. The van der Waals surface area contributed by atoms with Crippen molar-refractivity contribution in [3.8, 4) is 0 Å². The first-order valence-corrected chi connectivity index (χ1v) is 8.63. The number of amides is 1. The van der Waals surface area contributed by atoms with E-state index in [2.05, 4.69) is 49.2 Å². The third-order valence-electron chi connectivity index (χ3n) is 3.97. The van der Waals surface area contributed by atoms with Crippen LogP contribution in [-0.4, -0.2) is 11.9 Å². The summed E-state index contributed by atoms with van der Waals surface area (Å²) in [4.78, 5) is 11.7. The molecule has 0 fully saturated rings. The number of carbonyl (C=O) groups excluding carboxylic acids is 1. The fourth-order valence-corrected chi connectivity index (χ4v) is 2.66. The predicted octanol–water partition coefficient (Wildman–Crippen LogP) is 5.04. The molecule has 2 nitrogen and oxygen atoms in total. The maximum atomic E-state index is 11.7. The SMILES string of the molecule is C=C(C)C(=O)NC(CCC)CCCCCCc1ccccc1. The second-order valence-corrected chi connectivity index (χ2v) is 6.18. The highest BCUT2D eigenvalue weighted by Gasteiger charge is 2.11. The van der Waals surface area contributed by atoms with E-state index in [0.717, 1.165) is 19.3 Å². The van der Waals surface area contributed by atoms with Crippen molar-refractivity contribution in [3.63, 3.8) is 0 Å². The molecule has 1 aromatic carbocycles. The summed E-state index contributed by atoms with van der Waals surface area (Å²) in [6.07, 6.45) is 9.37. The highest BCUT2D eigenvalue weighted by atomic mass is 16.1. The van der Waals surface area contributed by atoms with Gasteiger partial charge in [0.1, 0.15) is 0 Å². The first-order chi connectivity index (χ1) is 10.6. The summed E-state index contributed by atoms with van der Waals surface area (Å²) in [5.41, 5.74) is 2.03. The summed E-state index contributed by atoms with van der Waals surface area (Å²) in [6, 6.07) is 11.0. The van der Waals surface area contributed by atoms with Gasteiger partial charge >= 0.3 is 0 Å². The van der Waals surface area contributed by atoms with Crippen molar-refractivity contribution >= 4 is 5.91 Å². The van der Waals surface area contributed by atoms with Crippen molar-refractivity contribution < 1.29 is 4.79 Å². The van der Waals surface area contributed by atoms with E-state index in [0.29, 0.717) is 11.6 Å². The summed E-state index contributed by atoms with van der Waals surface area (Å²) >= 11 is 0. The van der Waals surface area contributed by atoms with Gasteiger partial charge in [-0.05, 0) is 38.2 Å². The smallest absolute Gasteiger partial charge is 0.246 e. The lowest BCUT2D eigenvalue weighted by Crippen LogP contribution is -2.35. The van der Waals surface area contributed by atoms with Gasteiger partial charge in [0, 0.05) is 11.6 Å². The van der Waals surface area contributed by atoms with Gasteiger partial charge in [-0.15, -0.1) is 0 Å². The number of unbranched alkanes of at least 4 members (excludes halogenated alkanes) is 3. The number of rotatable bonds is 11. The van der Waals surface area contributed by atoms with Crippen LogP contribution in [0.5, 0.6) is 0 Å². The molecule has 0 aliphatic carbocycles. The van der Waals surface area contributed by atoms with Crippen LogP contribution in [-0.2, 0) is 11.2 Å². The van der Waals surface area contributed by atoms with Gasteiger partial charge in [-0.25, -0.2) is 0 Å². The molecule has 1 N–H and O–H groups in total.